The van der Waals surface area contributed by atoms with Crippen LogP contribution in [0.1, 0.15) is 10.4 Å². The van der Waals surface area contributed by atoms with Crippen molar-refractivity contribution < 1.29 is 28.2 Å². The normalized spacial score (nSPS) is 11.0. The molecular formula is C13H10N4O8S. The first kappa shape index (κ1) is 18.8. The maximum Gasteiger partial charge on any atom is 0.336 e. The summed E-state index contributed by atoms with van der Waals surface area (Å²) in [6.45, 7) is 0. The number of sulfonamides is 1. The number of rotatable bonds is 6. The second-order valence-corrected chi connectivity index (χ2v) is 6.46. The summed E-state index contributed by atoms with van der Waals surface area (Å²) >= 11 is 0. The monoisotopic (exact) mass is 382 g/mol. The van der Waals surface area contributed by atoms with Crippen LogP contribution in [0.25, 0.3) is 0 Å². The lowest BCUT2D eigenvalue weighted by Gasteiger charge is -2.09. The molecule has 0 bridgehead atoms. The number of hydrogen-bond acceptors (Lipinski definition) is 8. The number of nitrogens with one attached hydrogen (secondary N) is 1. The predicted molar refractivity (Wildman–Crippen MR) is 87.8 cm³/mol. The van der Waals surface area contributed by atoms with E-state index in [1.54, 1.807) is 0 Å². The van der Waals surface area contributed by atoms with Crippen molar-refractivity contribution in [3.63, 3.8) is 0 Å². The molecule has 12 nitrogen and oxygen atoms in total. The molecule has 0 unspecified atom stereocenters. The van der Waals surface area contributed by atoms with E-state index in [0.717, 1.165) is 12.1 Å². The van der Waals surface area contributed by atoms with Crippen molar-refractivity contribution in [2.24, 2.45) is 5.14 Å². The van der Waals surface area contributed by atoms with Gasteiger partial charge in [-0.2, -0.15) is 0 Å². The van der Waals surface area contributed by atoms with Gasteiger partial charge >= 0.3 is 17.3 Å². The third-order valence-electron chi connectivity index (χ3n) is 3.19. The van der Waals surface area contributed by atoms with Crippen molar-refractivity contribution in [3.8, 4) is 0 Å². The first-order valence-corrected chi connectivity index (χ1v) is 8.15. The highest BCUT2D eigenvalue weighted by atomic mass is 32.2. The number of nitrogens with zero attached hydrogens (tertiary/aromatic N) is 2. The molecule has 0 aliphatic rings. The zero-order valence-electron chi connectivity index (χ0n) is 12.6. The number of nitrogens with two attached hydrogens (primary N) is 1. The highest BCUT2D eigenvalue weighted by molar-refractivity contribution is 7.89. The van der Waals surface area contributed by atoms with E-state index in [-0.39, 0.29) is 10.6 Å². The highest BCUT2D eigenvalue weighted by Crippen LogP contribution is 2.37. The Kier molecular flexibility index (Phi) is 4.86. The van der Waals surface area contributed by atoms with E-state index in [1.807, 2.05) is 0 Å². The Morgan fingerprint density at radius 3 is 1.85 bits per heavy atom. The summed E-state index contributed by atoms with van der Waals surface area (Å²) in [6.07, 6.45) is 0. The average Bonchev–Trinajstić information content (AvgIpc) is 2.53. The lowest BCUT2D eigenvalue weighted by atomic mass is 10.1. The summed E-state index contributed by atoms with van der Waals surface area (Å²) in [5.41, 5.74) is -2.74. The summed E-state index contributed by atoms with van der Waals surface area (Å²) in [5, 5.41) is 38.7. The van der Waals surface area contributed by atoms with Crippen LogP contribution in [0, 0.1) is 20.2 Å². The van der Waals surface area contributed by atoms with E-state index in [9.17, 15) is 33.4 Å². The molecule has 2 rings (SSSR count). The molecule has 4 N–H and O–H groups in total. The van der Waals surface area contributed by atoms with Crippen LogP contribution in [0.4, 0.5) is 22.7 Å². The fourth-order valence-corrected chi connectivity index (χ4v) is 2.54. The molecule has 2 aromatic carbocycles. The van der Waals surface area contributed by atoms with Crippen molar-refractivity contribution in [1.82, 2.24) is 0 Å². The molecule has 0 aliphatic carbocycles. The standard InChI is InChI=1S/C13H10N4O8S/c14-26(24,25)9-3-1-8(2-4-9)15-12-10(16(20)21)5-7(13(18)19)6-11(12)17(22)23/h1-6,15H,(H,18,19)(H2,14,24,25). The van der Waals surface area contributed by atoms with Gasteiger partial charge in [0, 0.05) is 17.8 Å². The van der Waals surface area contributed by atoms with Gasteiger partial charge in [-0.25, -0.2) is 18.4 Å². The molecule has 0 aromatic heterocycles. The summed E-state index contributed by atoms with van der Waals surface area (Å²) in [6, 6.07) is 5.94. The molecule has 0 spiro atoms. The molecule has 13 heteroatoms. The number of aromatic carboxylic acids is 1. The van der Waals surface area contributed by atoms with Crippen molar-refractivity contribution in [2.45, 2.75) is 4.90 Å². The molecule has 0 atom stereocenters. The van der Waals surface area contributed by atoms with Crippen LogP contribution < -0.4 is 10.5 Å². The number of carbonyl (C=O) groups is 1. The smallest absolute Gasteiger partial charge is 0.336 e. The average molecular weight is 382 g/mol. The van der Waals surface area contributed by atoms with E-state index >= 15 is 0 Å². The van der Waals surface area contributed by atoms with Crippen LogP contribution in [0.2, 0.25) is 0 Å². The van der Waals surface area contributed by atoms with Crippen LogP contribution >= 0.6 is 0 Å². The van der Waals surface area contributed by atoms with Gasteiger partial charge in [0.2, 0.25) is 10.0 Å². The van der Waals surface area contributed by atoms with Crippen LogP contribution in [0.3, 0.4) is 0 Å². The first-order valence-electron chi connectivity index (χ1n) is 6.60. The Hall–Kier alpha value is -3.58. The quantitative estimate of drug-likeness (QED) is 0.490. The maximum atomic E-state index is 11.2. The van der Waals surface area contributed by atoms with Gasteiger partial charge in [-0.1, -0.05) is 0 Å². The van der Waals surface area contributed by atoms with E-state index in [1.165, 1.54) is 12.1 Å². The van der Waals surface area contributed by atoms with Gasteiger partial charge in [0.05, 0.1) is 20.3 Å². The molecule has 0 amide bonds. The molecule has 0 saturated carbocycles. The predicted octanol–water partition coefficient (Wildman–Crippen LogP) is 1.59. The van der Waals surface area contributed by atoms with Gasteiger partial charge < -0.3 is 10.4 Å². The number of nitro groups is 2. The fourth-order valence-electron chi connectivity index (χ4n) is 2.02. The van der Waals surface area contributed by atoms with E-state index < -0.39 is 48.5 Å². The van der Waals surface area contributed by atoms with Gasteiger partial charge in [-0.3, -0.25) is 20.2 Å². The molecule has 0 radical (unpaired) electrons. The van der Waals surface area contributed by atoms with Crippen LogP contribution in [0.5, 0.6) is 0 Å². The van der Waals surface area contributed by atoms with Gasteiger partial charge in [-0.05, 0) is 24.3 Å². The molecule has 0 saturated heterocycles. The van der Waals surface area contributed by atoms with Crippen molar-refractivity contribution in [1.29, 1.82) is 0 Å². The van der Waals surface area contributed by atoms with Crippen molar-refractivity contribution in [2.75, 3.05) is 5.32 Å². The highest BCUT2D eigenvalue weighted by Gasteiger charge is 2.28. The lowest BCUT2D eigenvalue weighted by molar-refractivity contribution is -0.392. The Balaban J connectivity index is 2.59. The topological polar surface area (TPSA) is 196 Å². The number of primary sulfonamides is 1. The Morgan fingerprint density at radius 2 is 1.50 bits per heavy atom. The fraction of sp³-hybridized carbons (Fsp3) is 0. The third-order valence-corrected chi connectivity index (χ3v) is 4.12. The number of benzene rings is 2. The van der Waals surface area contributed by atoms with Gasteiger partial charge in [0.25, 0.3) is 0 Å². The zero-order valence-corrected chi connectivity index (χ0v) is 13.5. The number of carboxylic acid groups (broad SMARTS) is 1. The van der Waals surface area contributed by atoms with E-state index in [2.05, 4.69) is 5.32 Å². The van der Waals surface area contributed by atoms with Crippen LogP contribution in [-0.4, -0.2) is 29.3 Å². The summed E-state index contributed by atoms with van der Waals surface area (Å²) in [7, 11) is -3.96. The molecule has 136 valence electrons. The minimum Gasteiger partial charge on any atom is -0.478 e. The van der Waals surface area contributed by atoms with Gasteiger partial charge in [-0.15, -0.1) is 0 Å². The maximum absolute atomic E-state index is 11.2. The van der Waals surface area contributed by atoms with Crippen LogP contribution in [0.15, 0.2) is 41.3 Å². The summed E-state index contributed by atoms with van der Waals surface area (Å²) < 4.78 is 22.4. The second kappa shape index (κ2) is 6.73. The third kappa shape index (κ3) is 3.90. The molecule has 0 aliphatic heterocycles. The molecule has 0 heterocycles. The van der Waals surface area contributed by atoms with E-state index in [0.29, 0.717) is 12.1 Å². The minimum atomic E-state index is -3.96. The summed E-state index contributed by atoms with van der Waals surface area (Å²) in [5.74, 6) is -1.57. The largest absolute Gasteiger partial charge is 0.478 e. The molecule has 26 heavy (non-hydrogen) atoms. The zero-order chi connectivity index (χ0) is 19.6. The second-order valence-electron chi connectivity index (χ2n) is 4.90. The van der Waals surface area contributed by atoms with E-state index in [4.69, 9.17) is 10.2 Å². The molecular weight excluding hydrogens is 372 g/mol. The summed E-state index contributed by atoms with van der Waals surface area (Å²) in [4.78, 5) is 31.2. The van der Waals surface area contributed by atoms with Crippen LogP contribution in [-0.2, 0) is 10.0 Å². The number of carboxylic acids is 1. The van der Waals surface area contributed by atoms with Crippen molar-refractivity contribution in [3.05, 3.63) is 62.2 Å². The van der Waals surface area contributed by atoms with Gasteiger partial charge in [0.1, 0.15) is 0 Å². The Labute approximate surface area is 145 Å². The minimum absolute atomic E-state index is 0.0895. The SMILES string of the molecule is NS(=O)(=O)c1ccc(Nc2c([N+](=O)[O-])cc(C(=O)O)cc2[N+](=O)[O-])cc1. The van der Waals surface area contributed by atoms with Crippen molar-refractivity contribution >= 4 is 38.7 Å². The lowest BCUT2D eigenvalue weighted by Crippen LogP contribution is -2.12. The molecule has 0 fully saturated rings. The Morgan fingerprint density at radius 1 is 1.04 bits per heavy atom. The number of hydrogen-bond donors (Lipinski definition) is 3. The van der Waals surface area contributed by atoms with Gasteiger partial charge in [0.15, 0.2) is 5.69 Å². The number of nitro benzene ring substituents is 2. The number of anilines is 2. The Bertz CT molecular complexity index is 982. The first-order chi connectivity index (χ1) is 12.0. The molecule has 2 aromatic rings.